The highest BCUT2D eigenvalue weighted by molar-refractivity contribution is 7.66. The molecule has 0 amide bonds. The van der Waals surface area contributed by atoms with E-state index in [4.69, 9.17) is 9.73 Å². The molecule has 2 rings (SSSR count). The van der Waals surface area contributed by atoms with Gasteiger partial charge < -0.3 is 4.74 Å². The molecule has 1 atom stereocenters. The quantitative estimate of drug-likeness (QED) is 0.611. The third kappa shape index (κ3) is 4.68. The van der Waals surface area contributed by atoms with Crippen LogP contribution in [0.3, 0.4) is 0 Å². The van der Waals surface area contributed by atoms with Gasteiger partial charge in [-0.05, 0) is 46.8 Å². The standard InChI is InChI=1S/C18H22NOP/c1-18(2,3)19-17(21-14-10-6-5-7-11-14)15-12-8-9-13-16(15)20-4/h5-13,21H,1-4H3. The van der Waals surface area contributed by atoms with Crippen molar-refractivity contribution in [1.29, 1.82) is 0 Å². The molecule has 0 aliphatic rings. The third-order valence-corrected chi connectivity index (χ3v) is 4.09. The van der Waals surface area contributed by atoms with Gasteiger partial charge in [-0.2, -0.15) is 0 Å². The summed E-state index contributed by atoms with van der Waals surface area (Å²) in [5.41, 5.74) is 2.06. The molecule has 0 radical (unpaired) electrons. The SMILES string of the molecule is COc1ccccc1C(=NC(C)(C)C)Pc1ccccc1. The summed E-state index contributed by atoms with van der Waals surface area (Å²) in [5.74, 6) is 0.879. The number of benzene rings is 2. The molecule has 0 heterocycles. The number of hydrogen-bond acceptors (Lipinski definition) is 2. The number of hydrogen-bond donors (Lipinski definition) is 0. The summed E-state index contributed by atoms with van der Waals surface area (Å²) < 4.78 is 5.50. The van der Waals surface area contributed by atoms with Gasteiger partial charge in [0.1, 0.15) is 5.75 Å². The van der Waals surface area contributed by atoms with Gasteiger partial charge in [-0.15, -0.1) is 0 Å². The smallest absolute Gasteiger partial charge is 0.128 e. The molecule has 3 heteroatoms. The number of methoxy groups -OCH3 is 1. The van der Waals surface area contributed by atoms with Crippen molar-refractivity contribution < 1.29 is 4.74 Å². The zero-order chi connectivity index (χ0) is 15.3. The number of nitrogens with zero attached hydrogens (tertiary/aromatic N) is 1. The Labute approximate surface area is 129 Å². The molecule has 0 saturated heterocycles. The number of rotatable bonds is 4. The fourth-order valence-corrected chi connectivity index (χ4v) is 3.35. The molecule has 21 heavy (non-hydrogen) atoms. The average molecular weight is 299 g/mol. The lowest BCUT2D eigenvalue weighted by molar-refractivity contribution is 0.414. The normalized spacial score (nSPS) is 12.9. The van der Waals surface area contributed by atoms with Crippen molar-refractivity contribution in [2.45, 2.75) is 26.3 Å². The van der Waals surface area contributed by atoms with Crippen LogP contribution in [0, 0.1) is 0 Å². The van der Waals surface area contributed by atoms with E-state index >= 15 is 0 Å². The van der Waals surface area contributed by atoms with E-state index in [2.05, 4.69) is 51.1 Å². The minimum absolute atomic E-state index is 0.113. The van der Waals surface area contributed by atoms with E-state index in [0.29, 0.717) is 8.58 Å². The summed E-state index contributed by atoms with van der Waals surface area (Å²) in [7, 11) is 2.22. The van der Waals surface area contributed by atoms with Crippen molar-refractivity contribution in [3.05, 3.63) is 60.2 Å². The zero-order valence-corrected chi connectivity index (χ0v) is 14.1. The Bertz CT molecular complexity index is 615. The highest BCUT2D eigenvalue weighted by Gasteiger charge is 2.15. The Kier molecular flexibility index (Phi) is 5.14. The van der Waals surface area contributed by atoms with E-state index in [1.165, 1.54) is 5.30 Å². The van der Waals surface area contributed by atoms with Crippen LogP contribution in [-0.4, -0.2) is 18.1 Å². The maximum Gasteiger partial charge on any atom is 0.128 e. The van der Waals surface area contributed by atoms with Crippen molar-refractivity contribution in [2.24, 2.45) is 4.99 Å². The first kappa shape index (κ1) is 15.7. The molecule has 0 saturated carbocycles. The molecule has 2 aromatic rings. The number of para-hydroxylation sites is 1. The largest absolute Gasteiger partial charge is 0.496 e. The fourth-order valence-electron chi connectivity index (χ4n) is 1.99. The molecule has 110 valence electrons. The first-order chi connectivity index (χ1) is 9.99. The number of aliphatic imine (C=N–C) groups is 1. The van der Waals surface area contributed by atoms with E-state index in [-0.39, 0.29) is 5.54 Å². The predicted molar refractivity (Wildman–Crippen MR) is 93.7 cm³/mol. The van der Waals surface area contributed by atoms with Crippen LogP contribution in [0.5, 0.6) is 5.75 Å². The summed E-state index contributed by atoms with van der Waals surface area (Å²) in [6, 6.07) is 18.6. The van der Waals surface area contributed by atoms with E-state index in [0.717, 1.165) is 16.8 Å². The lowest BCUT2D eigenvalue weighted by Crippen LogP contribution is -2.14. The van der Waals surface area contributed by atoms with Gasteiger partial charge in [-0.1, -0.05) is 42.5 Å². The fraction of sp³-hybridized carbons (Fsp3) is 0.278. The lowest BCUT2D eigenvalue weighted by Gasteiger charge is -2.18. The van der Waals surface area contributed by atoms with Crippen LogP contribution in [0.15, 0.2) is 59.6 Å². The number of ether oxygens (including phenoxy) is 1. The van der Waals surface area contributed by atoms with Gasteiger partial charge >= 0.3 is 0 Å². The second kappa shape index (κ2) is 6.87. The maximum atomic E-state index is 5.50. The van der Waals surface area contributed by atoms with Gasteiger partial charge in [0, 0.05) is 5.56 Å². The van der Waals surface area contributed by atoms with Crippen LogP contribution in [0.25, 0.3) is 0 Å². The summed E-state index contributed by atoms with van der Waals surface area (Å²) >= 11 is 0. The minimum atomic E-state index is -0.113. The average Bonchev–Trinajstić information content (AvgIpc) is 2.46. The Balaban J connectivity index is 2.44. The predicted octanol–water partition coefficient (Wildman–Crippen LogP) is 4.24. The van der Waals surface area contributed by atoms with Crippen molar-refractivity contribution in [3.8, 4) is 5.75 Å². The minimum Gasteiger partial charge on any atom is -0.496 e. The summed E-state index contributed by atoms with van der Waals surface area (Å²) in [5, 5.41) is 1.28. The molecule has 0 aromatic heterocycles. The molecule has 0 aliphatic heterocycles. The van der Waals surface area contributed by atoms with Crippen molar-refractivity contribution in [3.63, 3.8) is 0 Å². The summed E-state index contributed by atoms with van der Waals surface area (Å²) in [6.45, 7) is 6.37. The first-order valence-corrected chi connectivity index (χ1v) is 8.05. The second-order valence-corrected chi connectivity index (χ2v) is 7.12. The molecule has 2 aromatic carbocycles. The van der Waals surface area contributed by atoms with Gasteiger partial charge in [0.15, 0.2) is 0 Å². The van der Waals surface area contributed by atoms with Gasteiger partial charge in [-0.3, -0.25) is 4.99 Å². The van der Waals surface area contributed by atoms with E-state index in [9.17, 15) is 0 Å². The van der Waals surface area contributed by atoms with Crippen molar-refractivity contribution in [1.82, 2.24) is 0 Å². The van der Waals surface area contributed by atoms with Crippen LogP contribution >= 0.6 is 8.58 Å². The third-order valence-electron chi connectivity index (χ3n) is 2.85. The Morgan fingerprint density at radius 1 is 0.952 bits per heavy atom. The molecule has 0 fully saturated rings. The highest BCUT2D eigenvalue weighted by atomic mass is 31.1. The van der Waals surface area contributed by atoms with E-state index < -0.39 is 0 Å². The van der Waals surface area contributed by atoms with E-state index in [1.54, 1.807) is 7.11 Å². The van der Waals surface area contributed by atoms with Crippen LogP contribution in [0.2, 0.25) is 0 Å². The Morgan fingerprint density at radius 3 is 2.19 bits per heavy atom. The van der Waals surface area contributed by atoms with Crippen LogP contribution in [-0.2, 0) is 0 Å². The Hall–Kier alpha value is -1.66. The van der Waals surface area contributed by atoms with Crippen molar-refractivity contribution in [2.75, 3.05) is 7.11 Å². The molecular formula is C18H22NOP. The first-order valence-electron chi connectivity index (χ1n) is 7.05. The summed E-state index contributed by atoms with van der Waals surface area (Å²) in [4.78, 5) is 4.93. The molecule has 2 nitrogen and oxygen atoms in total. The van der Waals surface area contributed by atoms with Crippen LogP contribution in [0.1, 0.15) is 26.3 Å². The molecule has 0 N–H and O–H groups in total. The summed E-state index contributed by atoms with van der Waals surface area (Å²) in [6.07, 6.45) is 0. The monoisotopic (exact) mass is 299 g/mol. The van der Waals surface area contributed by atoms with Crippen molar-refractivity contribution >= 4 is 19.3 Å². The topological polar surface area (TPSA) is 21.6 Å². The van der Waals surface area contributed by atoms with Gasteiger partial charge in [0.05, 0.1) is 18.1 Å². The van der Waals surface area contributed by atoms with Gasteiger partial charge in [-0.25, -0.2) is 0 Å². The molecular weight excluding hydrogens is 277 g/mol. The van der Waals surface area contributed by atoms with Gasteiger partial charge in [0.25, 0.3) is 0 Å². The van der Waals surface area contributed by atoms with Gasteiger partial charge in [0.2, 0.25) is 0 Å². The zero-order valence-electron chi connectivity index (χ0n) is 13.1. The maximum absolute atomic E-state index is 5.50. The van der Waals surface area contributed by atoms with E-state index in [1.807, 2.05) is 24.3 Å². The van der Waals surface area contributed by atoms with Crippen LogP contribution in [0.4, 0.5) is 0 Å². The molecule has 0 aliphatic carbocycles. The highest BCUT2D eigenvalue weighted by Crippen LogP contribution is 2.29. The lowest BCUT2D eigenvalue weighted by atomic mass is 10.1. The molecule has 0 spiro atoms. The molecule has 1 unspecified atom stereocenters. The van der Waals surface area contributed by atoms with Crippen LogP contribution < -0.4 is 10.0 Å². The Morgan fingerprint density at radius 2 is 1.57 bits per heavy atom. The molecule has 0 bridgehead atoms. The second-order valence-electron chi connectivity index (χ2n) is 5.82.